The molecule has 5 heteroatoms. The van der Waals surface area contributed by atoms with Gasteiger partial charge in [0, 0.05) is 9.30 Å². The first-order chi connectivity index (χ1) is 8.56. The lowest BCUT2D eigenvalue weighted by molar-refractivity contribution is 0.486. The van der Waals surface area contributed by atoms with Gasteiger partial charge in [-0.2, -0.15) is 0 Å². The molecule has 0 saturated heterocycles. The Morgan fingerprint density at radius 3 is 2.28 bits per heavy atom. The number of fused-ring (bicyclic) bond motifs is 1. The fourth-order valence-corrected chi connectivity index (χ4v) is 4.26. The molecule has 0 spiro atoms. The molecule has 0 aliphatic heterocycles. The van der Waals surface area contributed by atoms with Crippen LogP contribution in [-0.4, -0.2) is 9.97 Å². The largest absolute Gasteiger partial charge is 0.323 e. The summed E-state index contributed by atoms with van der Waals surface area (Å²) in [6.07, 6.45) is 2.25. The van der Waals surface area contributed by atoms with Crippen LogP contribution >= 0.6 is 31.9 Å². The highest BCUT2D eigenvalue weighted by Gasteiger charge is 2.20. The maximum absolute atomic E-state index is 11.3. The van der Waals surface area contributed by atoms with E-state index < -0.39 is 0 Å². The summed E-state index contributed by atoms with van der Waals surface area (Å²) >= 11 is 7.37. The van der Waals surface area contributed by atoms with Crippen molar-refractivity contribution >= 4 is 42.9 Å². The molecule has 18 heavy (non-hydrogen) atoms. The van der Waals surface area contributed by atoms with Gasteiger partial charge >= 0.3 is 5.69 Å². The maximum Gasteiger partial charge on any atom is 0.323 e. The lowest BCUT2D eigenvalue weighted by Gasteiger charge is -2.21. The SMILES string of the molecule is CCC(CC)C(Br)c1cc2[nH]c(=O)[nH]c2cc1Br. The van der Waals surface area contributed by atoms with Crippen LogP contribution in [0.25, 0.3) is 11.0 Å². The van der Waals surface area contributed by atoms with Gasteiger partial charge in [-0.1, -0.05) is 58.5 Å². The van der Waals surface area contributed by atoms with Crippen molar-refractivity contribution in [3.8, 4) is 0 Å². The van der Waals surface area contributed by atoms with Crippen molar-refractivity contribution in [2.24, 2.45) is 5.92 Å². The second-order valence-corrected chi connectivity index (χ2v) is 6.32. The van der Waals surface area contributed by atoms with Gasteiger partial charge in [-0.25, -0.2) is 4.79 Å². The third-order valence-electron chi connectivity index (χ3n) is 3.39. The Morgan fingerprint density at radius 1 is 1.17 bits per heavy atom. The van der Waals surface area contributed by atoms with Crippen molar-refractivity contribution in [2.45, 2.75) is 31.5 Å². The van der Waals surface area contributed by atoms with Crippen molar-refractivity contribution in [1.29, 1.82) is 0 Å². The molecule has 1 aromatic heterocycles. The van der Waals surface area contributed by atoms with Gasteiger partial charge in [0.25, 0.3) is 0 Å². The third kappa shape index (κ3) is 2.57. The molecule has 3 nitrogen and oxygen atoms in total. The highest BCUT2D eigenvalue weighted by molar-refractivity contribution is 9.11. The average molecular weight is 376 g/mol. The summed E-state index contributed by atoms with van der Waals surface area (Å²) in [5, 5.41) is 0. The summed E-state index contributed by atoms with van der Waals surface area (Å²) in [5.41, 5.74) is 2.71. The van der Waals surface area contributed by atoms with Gasteiger partial charge in [0.05, 0.1) is 11.0 Å². The topological polar surface area (TPSA) is 48.6 Å². The Kier molecular flexibility index (Phi) is 4.33. The summed E-state index contributed by atoms with van der Waals surface area (Å²) in [6, 6.07) is 3.99. The van der Waals surface area contributed by atoms with Gasteiger partial charge in [-0.05, 0) is 23.6 Å². The molecule has 1 aromatic carbocycles. The molecule has 0 bridgehead atoms. The van der Waals surface area contributed by atoms with Crippen LogP contribution in [0.5, 0.6) is 0 Å². The quantitative estimate of drug-likeness (QED) is 0.760. The minimum Gasteiger partial charge on any atom is -0.306 e. The van der Waals surface area contributed by atoms with Crippen LogP contribution < -0.4 is 5.69 Å². The van der Waals surface area contributed by atoms with E-state index in [0.717, 1.165) is 28.3 Å². The van der Waals surface area contributed by atoms with Crippen molar-refractivity contribution in [2.75, 3.05) is 0 Å². The lowest BCUT2D eigenvalue weighted by Crippen LogP contribution is -2.06. The minimum atomic E-state index is -0.164. The average Bonchev–Trinajstić information content (AvgIpc) is 2.68. The van der Waals surface area contributed by atoms with Crippen LogP contribution in [0.4, 0.5) is 0 Å². The molecule has 1 unspecified atom stereocenters. The highest BCUT2D eigenvalue weighted by atomic mass is 79.9. The van der Waals surface area contributed by atoms with Crippen LogP contribution in [0.2, 0.25) is 0 Å². The number of aromatic amines is 2. The van der Waals surface area contributed by atoms with E-state index in [1.807, 2.05) is 12.1 Å². The van der Waals surface area contributed by atoms with Crippen molar-refractivity contribution in [3.63, 3.8) is 0 Å². The third-order valence-corrected chi connectivity index (χ3v) is 5.32. The second kappa shape index (κ2) is 5.61. The minimum absolute atomic E-state index is 0.164. The zero-order chi connectivity index (χ0) is 13.3. The van der Waals surface area contributed by atoms with E-state index in [9.17, 15) is 4.79 Å². The molecular weight excluding hydrogens is 360 g/mol. The Hall–Kier alpha value is -0.550. The zero-order valence-electron chi connectivity index (χ0n) is 10.4. The van der Waals surface area contributed by atoms with E-state index in [1.54, 1.807) is 0 Å². The van der Waals surface area contributed by atoms with Gasteiger partial charge in [-0.15, -0.1) is 0 Å². The van der Waals surface area contributed by atoms with Crippen molar-refractivity contribution < 1.29 is 0 Å². The standard InChI is InChI=1S/C13H16Br2N2O/c1-3-7(4-2)12(15)8-5-10-11(6-9(8)14)17-13(18)16-10/h5-7,12H,3-4H2,1-2H3,(H2,16,17,18). The molecule has 0 amide bonds. The lowest BCUT2D eigenvalue weighted by atomic mass is 9.94. The maximum atomic E-state index is 11.3. The summed E-state index contributed by atoms with van der Waals surface area (Å²) in [6.45, 7) is 4.40. The van der Waals surface area contributed by atoms with E-state index in [0.29, 0.717) is 10.7 Å². The molecule has 2 rings (SSSR count). The van der Waals surface area contributed by atoms with E-state index >= 15 is 0 Å². The Balaban J connectivity index is 2.49. The molecule has 1 atom stereocenters. The fourth-order valence-electron chi connectivity index (χ4n) is 2.24. The normalized spacial score (nSPS) is 13.4. The molecule has 1 heterocycles. The summed E-state index contributed by atoms with van der Waals surface area (Å²) < 4.78 is 1.03. The molecule has 0 aliphatic rings. The monoisotopic (exact) mass is 374 g/mol. The van der Waals surface area contributed by atoms with Gasteiger partial charge in [-0.3, -0.25) is 0 Å². The van der Waals surface area contributed by atoms with Crippen molar-refractivity contribution in [3.05, 3.63) is 32.7 Å². The number of hydrogen-bond acceptors (Lipinski definition) is 1. The number of H-pyrrole nitrogens is 2. The molecule has 2 aromatic rings. The molecule has 98 valence electrons. The smallest absolute Gasteiger partial charge is 0.306 e. The molecule has 2 N–H and O–H groups in total. The fraction of sp³-hybridized carbons (Fsp3) is 0.462. The number of aromatic nitrogens is 2. The van der Waals surface area contributed by atoms with Crippen LogP contribution in [-0.2, 0) is 0 Å². The van der Waals surface area contributed by atoms with Gasteiger partial charge < -0.3 is 9.97 Å². The predicted molar refractivity (Wildman–Crippen MR) is 82.4 cm³/mol. The van der Waals surface area contributed by atoms with Crippen LogP contribution in [0.1, 0.15) is 37.1 Å². The Labute approximate surface area is 123 Å². The molecule has 0 fully saturated rings. The highest BCUT2D eigenvalue weighted by Crippen LogP contribution is 2.39. The number of rotatable bonds is 4. The first-order valence-electron chi connectivity index (χ1n) is 6.12. The second-order valence-electron chi connectivity index (χ2n) is 4.48. The van der Waals surface area contributed by atoms with Crippen LogP contribution in [0.15, 0.2) is 21.4 Å². The van der Waals surface area contributed by atoms with Crippen LogP contribution in [0, 0.1) is 5.92 Å². The van der Waals surface area contributed by atoms with Crippen molar-refractivity contribution in [1.82, 2.24) is 9.97 Å². The summed E-state index contributed by atoms with van der Waals surface area (Å²) in [4.78, 5) is 17.2. The van der Waals surface area contributed by atoms with E-state index in [1.165, 1.54) is 5.56 Å². The Bertz CT molecular complexity index is 599. The van der Waals surface area contributed by atoms with Crippen LogP contribution in [0.3, 0.4) is 0 Å². The number of benzene rings is 1. The predicted octanol–water partition coefficient (Wildman–Crippen LogP) is 4.49. The number of nitrogens with one attached hydrogen (secondary N) is 2. The molecule has 0 saturated carbocycles. The zero-order valence-corrected chi connectivity index (χ0v) is 13.6. The summed E-state index contributed by atoms with van der Waals surface area (Å²) in [5.74, 6) is 0.587. The van der Waals surface area contributed by atoms with E-state index in [2.05, 4.69) is 55.7 Å². The van der Waals surface area contributed by atoms with E-state index in [4.69, 9.17) is 0 Å². The number of alkyl halides is 1. The number of imidazole rings is 1. The molecule has 0 aliphatic carbocycles. The molecule has 0 radical (unpaired) electrons. The number of halogens is 2. The number of hydrogen-bond donors (Lipinski definition) is 2. The van der Waals surface area contributed by atoms with E-state index in [-0.39, 0.29) is 5.69 Å². The van der Waals surface area contributed by atoms with Gasteiger partial charge in [0.2, 0.25) is 0 Å². The summed E-state index contributed by atoms with van der Waals surface area (Å²) in [7, 11) is 0. The molecular formula is C13H16Br2N2O. The first kappa shape index (κ1) is 13.9. The first-order valence-corrected chi connectivity index (χ1v) is 7.83. The van der Waals surface area contributed by atoms with Gasteiger partial charge in [0.15, 0.2) is 0 Å². The van der Waals surface area contributed by atoms with Gasteiger partial charge in [0.1, 0.15) is 0 Å². The Morgan fingerprint density at radius 2 is 1.72 bits per heavy atom.